The van der Waals surface area contributed by atoms with E-state index in [4.69, 9.17) is 5.73 Å². The lowest BCUT2D eigenvalue weighted by Gasteiger charge is -2.32. The molecule has 9 nitrogen and oxygen atoms in total. The first kappa shape index (κ1) is 25.7. The van der Waals surface area contributed by atoms with Gasteiger partial charge in [-0.15, -0.1) is 24.0 Å². The maximum Gasteiger partial charge on any atom is 0.225 e. The van der Waals surface area contributed by atoms with E-state index in [0.29, 0.717) is 25.5 Å². The van der Waals surface area contributed by atoms with E-state index in [2.05, 4.69) is 36.9 Å². The molecule has 182 valence electrons. The minimum atomic E-state index is -0.217. The van der Waals surface area contributed by atoms with E-state index < -0.39 is 0 Å². The third-order valence-electron chi connectivity index (χ3n) is 6.36. The van der Waals surface area contributed by atoms with Gasteiger partial charge in [-0.25, -0.2) is 4.98 Å². The highest BCUT2D eigenvalue weighted by atomic mass is 127. The summed E-state index contributed by atoms with van der Waals surface area (Å²) in [4.78, 5) is 34.7. The molecule has 34 heavy (non-hydrogen) atoms. The Morgan fingerprint density at radius 3 is 2.71 bits per heavy atom. The maximum atomic E-state index is 12.1. The van der Waals surface area contributed by atoms with Crippen molar-refractivity contribution in [2.24, 2.45) is 16.6 Å². The molecule has 5 N–H and O–H groups in total. The highest BCUT2D eigenvalue weighted by molar-refractivity contribution is 14.0. The molecule has 0 saturated carbocycles. The predicted molar refractivity (Wildman–Crippen MR) is 144 cm³/mol. The van der Waals surface area contributed by atoms with Gasteiger partial charge in [0.2, 0.25) is 11.8 Å². The van der Waals surface area contributed by atoms with Gasteiger partial charge in [-0.05, 0) is 30.5 Å². The van der Waals surface area contributed by atoms with E-state index >= 15 is 0 Å². The number of amides is 2. The number of guanidine groups is 1. The quantitative estimate of drug-likeness (QED) is 0.237. The van der Waals surface area contributed by atoms with E-state index in [0.717, 1.165) is 48.6 Å². The molecule has 2 aliphatic heterocycles. The number of carbonyl (C=O) groups is 2. The van der Waals surface area contributed by atoms with Crippen molar-refractivity contribution in [3.8, 4) is 0 Å². The molecule has 0 spiro atoms. The Balaban J connectivity index is 0.00000324. The Kier molecular flexibility index (Phi) is 9.08. The first-order valence-corrected chi connectivity index (χ1v) is 11.4. The van der Waals surface area contributed by atoms with Gasteiger partial charge in [0.15, 0.2) is 5.96 Å². The van der Waals surface area contributed by atoms with Crippen molar-refractivity contribution >= 4 is 53.3 Å². The Morgan fingerprint density at radius 1 is 1.21 bits per heavy atom. The van der Waals surface area contributed by atoms with E-state index in [9.17, 15) is 9.59 Å². The number of carbonyl (C=O) groups excluding carboxylic acids is 2. The van der Waals surface area contributed by atoms with Crippen LogP contribution in [0.25, 0.3) is 0 Å². The molecular formula is C24H32IN7O2. The fourth-order valence-corrected chi connectivity index (χ4v) is 4.53. The number of para-hydroxylation sites is 1. The normalized spacial score (nSPS) is 18.4. The standard InChI is InChI=1S/C24H31N7O2.HI/c1-26-24(29-15-18-13-21(32)30-20-7-3-2-6-19(18)20)28-14-17-5-4-10-27-23(17)31-11-8-16(9-12-31)22(25)33;/h2-7,10,16,18H,8-9,11-15H2,1H3,(H2,25,33)(H,30,32)(H2,26,28,29);1H. The zero-order chi connectivity index (χ0) is 23.2. The Morgan fingerprint density at radius 2 is 1.97 bits per heavy atom. The maximum absolute atomic E-state index is 12.1. The first-order chi connectivity index (χ1) is 16.0. The van der Waals surface area contributed by atoms with Crippen molar-refractivity contribution in [3.05, 3.63) is 53.7 Å². The highest BCUT2D eigenvalue weighted by Gasteiger charge is 2.26. The Hall–Kier alpha value is -2.89. The molecule has 1 saturated heterocycles. The van der Waals surface area contributed by atoms with Crippen LogP contribution >= 0.6 is 24.0 Å². The van der Waals surface area contributed by atoms with Gasteiger partial charge in [-0.1, -0.05) is 24.3 Å². The van der Waals surface area contributed by atoms with E-state index in [1.165, 1.54) is 0 Å². The number of aliphatic imine (C=N–C) groups is 1. The summed E-state index contributed by atoms with van der Waals surface area (Å²) in [6, 6.07) is 11.9. The van der Waals surface area contributed by atoms with Gasteiger partial charge in [-0.3, -0.25) is 14.6 Å². The molecule has 1 atom stereocenters. The average molecular weight is 577 g/mol. The SMILES string of the molecule is CN=C(NCc1cccnc1N1CCC(C(N)=O)CC1)NCC1CC(=O)Nc2ccccc21.I. The van der Waals surface area contributed by atoms with Crippen molar-refractivity contribution in [2.75, 3.05) is 36.9 Å². The second-order valence-electron chi connectivity index (χ2n) is 8.49. The molecule has 4 rings (SSSR count). The molecule has 1 fully saturated rings. The molecule has 2 aliphatic rings. The third-order valence-corrected chi connectivity index (χ3v) is 6.36. The summed E-state index contributed by atoms with van der Waals surface area (Å²) in [7, 11) is 1.73. The number of hydrogen-bond acceptors (Lipinski definition) is 5. The fraction of sp³-hybridized carbons (Fsp3) is 0.417. The number of nitrogens with zero attached hydrogens (tertiary/aromatic N) is 3. The summed E-state index contributed by atoms with van der Waals surface area (Å²) in [5.41, 5.74) is 8.54. The smallest absolute Gasteiger partial charge is 0.225 e. The van der Waals surface area contributed by atoms with Crippen LogP contribution in [0.2, 0.25) is 0 Å². The van der Waals surface area contributed by atoms with Crippen LogP contribution in [0.4, 0.5) is 11.5 Å². The van der Waals surface area contributed by atoms with Crippen LogP contribution in [0.3, 0.4) is 0 Å². The summed E-state index contributed by atoms with van der Waals surface area (Å²) in [5.74, 6) is 1.42. The summed E-state index contributed by atoms with van der Waals surface area (Å²) in [6.07, 6.45) is 3.73. The molecule has 0 aliphatic carbocycles. The van der Waals surface area contributed by atoms with Crippen LogP contribution in [0, 0.1) is 5.92 Å². The number of anilines is 2. The van der Waals surface area contributed by atoms with E-state index in [1.807, 2.05) is 30.3 Å². The summed E-state index contributed by atoms with van der Waals surface area (Å²) in [6.45, 7) is 2.67. The molecule has 2 amide bonds. The number of rotatable bonds is 6. The van der Waals surface area contributed by atoms with Crippen LogP contribution in [0.5, 0.6) is 0 Å². The Labute approximate surface area is 217 Å². The van der Waals surface area contributed by atoms with Crippen molar-refractivity contribution in [3.63, 3.8) is 0 Å². The second-order valence-corrected chi connectivity index (χ2v) is 8.49. The molecule has 0 radical (unpaired) electrons. The van der Waals surface area contributed by atoms with Crippen LogP contribution in [0.1, 0.15) is 36.3 Å². The lowest BCUT2D eigenvalue weighted by atomic mass is 9.90. The summed E-state index contributed by atoms with van der Waals surface area (Å²) >= 11 is 0. The molecule has 3 heterocycles. The van der Waals surface area contributed by atoms with Crippen molar-refractivity contribution < 1.29 is 9.59 Å². The number of fused-ring (bicyclic) bond motifs is 1. The number of halogens is 1. The summed E-state index contributed by atoms with van der Waals surface area (Å²) < 4.78 is 0. The zero-order valence-corrected chi connectivity index (χ0v) is 21.6. The summed E-state index contributed by atoms with van der Waals surface area (Å²) in [5, 5.41) is 9.66. The van der Waals surface area contributed by atoms with Crippen molar-refractivity contribution in [1.29, 1.82) is 0 Å². The Bertz CT molecular complexity index is 1040. The van der Waals surface area contributed by atoms with Crippen LogP contribution < -0.4 is 26.6 Å². The van der Waals surface area contributed by atoms with E-state index in [1.54, 1.807) is 13.2 Å². The second kappa shape index (κ2) is 12.0. The van der Waals surface area contributed by atoms with Gasteiger partial charge in [-0.2, -0.15) is 0 Å². The lowest BCUT2D eigenvalue weighted by Crippen LogP contribution is -2.41. The molecule has 1 aromatic carbocycles. The molecule has 10 heteroatoms. The lowest BCUT2D eigenvalue weighted by molar-refractivity contribution is -0.122. The number of nitrogens with one attached hydrogen (secondary N) is 3. The minimum absolute atomic E-state index is 0. The molecule has 1 aromatic heterocycles. The van der Waals surface area contributed by atoms with Gasteiger partial charge in [0.25, 0.3) is 0 Å². The number of benzene rings is 1. The largest absolute Gasteiger partial charge is 0.369 e. The van der Waals surface area contributed by atoms with Crippen LogP contribution in [0.15, 0.2) is 47.6 Å². The van der Waals surface area contributed by atoms with Gasteiger partial charge in [0.1, 0.15) is 5.82 Å². The van der Waals surface area contributed by atoms with Gasteiger partial charge in [0.05, 0.1) is 0 Å². The number of pyridine rings is 1. The molecule has 1 unspecified atom stereocenters. The molecule has 0 bridgehead atoms. The number of hydrogen-bond donors (Lipinski definition) is 4. The number of nitrogens with two attached hydrogens (primary N) is 1. The minimum Gasteiger partial charge on any atom is -0.369 e. The topological polar surface area (TPSA) is 125 Å². The third kappa shape index (κ3) is 6.16. The van der Waals surface area contributed by atoms with Crippen molar-refractivity contribution in [1.82, 2.24) is 15.6 Å². The number of primary amides is 1. The van der Waals surface area contributed by atoms with Gasteiger partial charge in [0, 0.05) is 68.9 Å². The average Bonchev–Trinajstić information content (AvgIpc) is 2.84. The van der Waals surface area contributed by atoms with Crippen molar-refractivity contribution in [2.45, 2.75) is 31.7 Å². The van der Waals surface area contributed by atoms with E-state index in [-0.39, 0.29) is 47.6 Å². The number of piperidine rings is 1. The molecular weight excluding hydrogens is 545 g/mol. The molecule has 2 aromatic rings. The monoisotopic (exact) mass is 577 g/mol. The van der Waals surface area contributed by atoms with Crippen LogP contribution in [-0.2, 0) is 16.1 Å². The van der Waals surface area contributed by atoms with Gasteiger partial charge >= 0.3 is 0 Å². The predicted octanol–water partition coefficient (Wildman–Crippen LogP) is 2.19. The fourth-order valence-electron chi connectivity index (χ4n) is 4.53. The number of aromatic nitrogens is 1. The highest BCUT2D eigenvalue weighted by Crippen LogP contribution is 2.31. The first-order valence-electron chi connectivity index (χ1n) is 11.4. The van der Waals surface area contributed by atoms with Gasteiger partial charge < -0.3 is 26.6 Å². The zero-order valence-electron chi connectivity index (χ0n) is 19.3. The van der Waals surface area contributed by atoms with Crippen LogP contribution in [-0.4, -0.2) is 49.4 Å².